The summed E-state index contributed by atoms with van der Waals surface area (Å²) in [5.74, 6) is -3.23. The molecule has 0 spiro atoms. The van der Waals surface area contributed by atoms with E-state index in [1.807, 2.05) is 19.6 Å². The molecule has 0 aromatic carbocycles. The average Bonchev–Trinajstić information content (AvgIpc) is 2.71. The molecule has 148 valence electrons. The summed E-state index contributed by atoms with van der Waals surface area (Å²) < 4.78 is 27.9. The van der Waals surface area contributed by atoms with Crippen LogP contribution < -0.4 is 0 Å². The number of hydrogen-bond acceptors (Lipinski definition) is 7. The smallest absolute Gasteiger partial charge is 0.334 e. The van der Waals surface area contributed by atoms with E-state index >= 15 is 0 Å². The highest BCUT2D eigenvalue weighted by Crippen LogP contribution is 2.40. The van der Waals surface area contributed by atoms with Crippen LogP contribution in [0.15, 0.2) is 23.5 Å². The Labute approximate surface area is 156 Å². The summed E-state index contributed by atoms with van der Waals surface area (Å²) in [4.78, 5) is 25.0. The van der Waals surface area contributed by atoms with Crippen molar-refractivity contribution in [3.63, 3.8) is 0 Å². The van der Waals surface area contributed by atoms with Gasteiger partial charge in [0.15, 0.2) is 14.1 Å². The van der Waals surface area contributed by atoms with Gasteiger partial charge in [0.2, 0.25) is 5.79 Å². The average molecular weight is 387 g/mol. The van der Waals surface area contributed by atoms with Gasteiger partial charge in [0, 0.05) is 19.1 Å². The predicted octanol–water partition coefficient (Wildman–Crippen LogP) is 2.78. The first kappa shape index (κ1) is 22.4. The minimum absolute atomic E-state index is 0.191. The van der Waals surface area contributed by atoms with Gasteiger partial charge < -0.3 is 23.4 Å². The van der Waals surface area contributed by atoms with E-state index in [1.54, 1.807) is 19.9 Å². The highest BCUT2D eigenvalue weighted by atomic mass is 28.4. The highest BCUT2D eigenvalue weighted by Gasteiger charge is 2.52. The number of carbonyl (C=O) groups is 2. The molecule has 2 unspecified atom stereocenters. The van der Waals surface area contributed by atoms with Crippen LogP contribution in [0, 0.1) is 5.92 Å². The van der Waals surface area contributed by atoms with Gasteiger partial charge in [-0.3, -0.25) is 4.79 Å². The van der Waals surface area contributed by atoms with Crippen molar-refractivity contribution in [1.29, 1.82) is 0 Å². The van der Waals surface area contributed by atoms with Crippen molar-refractivity contribution in [3.8, 4) is 0 Å². The molecule has 0 saturated heterocycles. The lowest BCUT2D eigenvalue weighted by Crippen LogP contribution is -2.53. The van der Waals surface area contributed by atoms with Crippen molar-refractivity contribution in [1.82, 2.24) is 0 Å². The number of ether oxygens (including phenoxy) is 4. The molecular weight excluding hydrogens is 356 g/mol. The van der Waals surface area contributed by atoms with E-state index < -0.39 is 32.0 Å². The third kappa shape index (κ3) is 5.18. The summed E-state index contributed by atoms with van der Waals surface area (Å²) in [6, 6.07) is 0. The van der Waals surface area contributed by atoms with E-state index in [1.165, 1.54) is 20.3 Å². The fourth-order valence-corrected chi connectivity index (χ4v) is 3.99. The first-order valence-corrected chi connectivity index (χ1v) is 12.1. The molecule has 1 aliphatic rings. The van der Waals surface area contributed by atoms with Crippen molar-refractivity contribution in [2.45, 2.75) is 45.7 Å². The molecule has 0 N–H and O–H groups in total. The van der Waals surface area contributed by atoms with Gasteiger partial charge in [-0.05, 0) is 39.6 Å². The summed E-state index contributed by atoms with van der Waals surface area (Å²) in [7, 11) is 0.731. The van der Waals surface area contributed by atoms with E-state index in [0.717, 1.165) is 0 Å². The first-order chi connectivity index (χ1) is 12.1. The Morgan fingerprint density at radius 2 is 1.77 bits per heavy atom. The molecule has 8 heteroatoms. The summed E-state index contributed by atoms with van der Waals surface area (Å²) in [6.45, 7) is 9.80. The lowest BCUT2D eigenvalue weighted by Gasteiger charge is -2.41. The Morgan fingerprint density at radius 3 is 2.23 bits per heavy atom. The highest BCUT2D eigenvalue weighted by molar-refractivity contribution is 6.69. The molecule has 1 aliphatic carbocycles. The summed E-state index contributed by atoms with van der Waals surface area (Å²) >= 11 is 0. The normalized spacial score (nSPS) is 23.4. The van der Waals surface area contributed by atoms with Gasteiger partial charge in [0.25, 0.3) is 0 Å². The van der Waals surface area contributed by atoms with Crippen LogP contribution >= 0.6 is 0 Å². The van der Waals surface area contributed by atoms with Gasteiger partial charge >= 0.3 is 11.9 Å². The minimum Gasteiger partial charge on any atom is -0.496 e. The zero-order valence-electron chi connectivity index (χ0n) is 16.7. The maximum Gasteiger partial charge on any atom is 0.334 e. The molecule has 0 fully saturated rings. The maximum absolute atomic E-state index is 12.8. The number of esters is 2. The van der Waals surface area contributed by atoms with E-state index in [2.05, 4.69) is 0 Å². The van der Waals surface area contributed by atoms with E-state index in [9.17, 15) is 9.59 Å². The van der Waals surface area contributed by atoms with E-state index in [-0.39, 0.29) is 19.6 Å². The number of carbonyl (C=O) groups excluding carboxylic acids is 2. The molecule has 0 aromatic rings. The van der Waals surface area contributed by atoms with Crippen LogP contribution in [0.3, 0.4) is 0 Å². The summed E-state index contributed by atoms with van der Waals surface area (Å²) in [6.07, 6.45) is 3.44. The fraction of sp³-hybridized carbons (Fsp3) is 0.667. The summed E-state index contributed by atoms with van der Waals surface area (Å²) in [5, 5.41) is 0. The molecule has 0 aliphatic heterocycles. The molecule has 0 saturated carbocycles. The van der Waals surface area contributed by atoms with Crippen LogP contribution in [0.1, 0.15) is 20.3 Å². The molecular formula is C18H30O7Si. The third-order valence-electron chi connectivity index (χ3n) is 3.69. The lowest BCUT2D eigenvalue weighted by molar-refractivity contribution is -0.203. The van der Waals surface area contributed by atoms with Crippen LogP contribution in [0.4, 0.5) is 0 Å². The SMILES string of the molecule is CCOC(=O)C1=CC(C(=O)OCC)C(OC)(O[Si](C)(C)C)C(OC)=CC1. The van der Waals surface area contributed by atoms with Gasteiger partial charge in [0.1, 0.15) is 5.92 Å². The second kappa shape index (κ2) is 9.34. The molecule has 1 rings (SSSR count). The Balaban J connectivity index is 3.56. The molecule has 0 amide bonds. The van der Waals surface area contributed by atoms with Crippen molar-refractivity contribution in [2.75, 3.05) is 27.4 Å². The molecule has 26 heavy (non-hydrogen) atoms. The van der Waals surface area contributed by atoms with Gasteiger partial charge in [-0.1, -0.05) is 6.08 Å². The van der Waals surface area contributed by atoms with Crippen LogP contribution in [-0.4, -0.2) is 53.5 Å². The molecule has 0 bridgehead atoms. The van der Waals surface area contributed by atoms with Gasteiger partial charge in [-0.2, -0.15) is 0 Å². The van der Waals surface area contributed by atoms with Crippen LogP contribution in [0.2, 0.25) is 19.6 Å². The molecule has 0 aromatic heterocycles. The standard InChI is InChI=1S/C18H30O7Si/c1-8-23-16(19)13-10-11-15(21-3)18(22-4,25-26(5,6)7)14(12-13)17(20)24-9-2/h11-12,14H,8-10H2,1-7H3. The monoisotopic (exact) mass is 386 g/mol. The quantitative estimate of drug-likeness (QED) is 0.360. The summed E-state index contributed by atoms with van der Waals surface area (Å²) in [5.41, 5.74) is 0.331. The van der Waals surface area contributed by atoms with Crippen molar-refractivity contribution >= 4 is 20.3 Å². The fourth-order valence-electron chi connectivity index (χ4n) is 2.77. The molecule has 0 radical (unpaired) electrons. The number of rotatable bonds is 8. The molecule has 7 nitrogen and oxygen atoms in total. The Morgan fingerprint density at radius 1 is 1.15 bits per heavy atom. The van der Waals surface area contributed by atoms with Gasteiger partial charge in [0.05, 0.1) is 20.3 Å². The van der Waals surface area contributed by atoms with Crippen LogP contribution in [0.25, 0.3) is 0 Å². The van der Waals surface area contributed by atoms with Crippen LogP contribution in [0.5, 0.6) is 0 Å². The zero-order chi connectivity index (χ0) is 20.0. The number of hydrogen-bond donors (Lipinski definition) is 0. The Bertz CT molecular complexity index is 577. The largest absolute Gasteiger partial charge is 0.496 e. The maximum atomic E-state index is 12.8. The van der Waals surface area contributed by atoms with Gasteiger partial charge in [-0.15, -0.1) is 0 Å². The molecule has 2 atom stereocenters. The van der Waals surface area contributed by atoms with Crippen molar-refractivity contribution in [2.24, 2.45) is 5.92 Å². The third-order valence-corrected chi connectivity index (χ3v) is 4.60. The Hall–Kier alpha value is -1.64. The molecule has 0 heterocycles. The number of methoxy groups -OCH3 is 2. The van der Waals surface area contributed by atoms with E-state index in [4.69, 9.17) is 23.4 Å². The Kier molecular flexibility index (Phi) is 8.04. The van der Waals surface area contributed by atoms with E-state index in [0.29, 0.717) is 11.3 Å². The van der Waals surface area contributed by atoms with Gasteiger partial charge in [-0.25, -0.2) is 4.79 Å². The predicted molar refractivity (Wildman–Crippen MR) is 98.7 cm³/mol. The first-order valence-electron chi connectivity index (χ1n) is 8.69. The minimum atomic E-state index is -2.19. The second-order valence-corrected chi connectivity index (χ2v) is 11.1. The number of allylic oxidation sites excluding steroid dienone is 1. The lowest BCUT2D eigenvalue weighted by atomic mass is 9.95. The van der Waals surface area contributed by atoms with Crippen molar-refractivity contribution in [3.05, 3.63) is 23.5 Å². The van der Waals surface area contributed by atoms with Crippen LogP contribution in [-0.2, 0) is 33.0 Å². The topological polar surface area (TPSA) is 80.3 Å². The van der Waals surface area contributed by atoms with Crippen molar-refractivity contribution < 1.29 is 33.0 Å². The second-order valence-electron chi connectivity index (χ2n) is 6.70. The zero-order valence-corrected chi connectivity index (χ0v) is 17.7.